The maximum Gasteiger partial charge on any atom is 0.0831 e. The van der Waals surface area contributed by atoms with Crippen LogP contribution in [0, 0.1) is 0 Å². The lowest BCUT2D eigenvalue weighted by Crippen LogP contribution is -2.45. The molecule has 7 heavy (non-hydrogen) atoms. The van der Waals surface area contributed by atoms with E-state index in [1.54, 1.807) is 0 Å². The van der Waals surface area contributed by atoms with E-state index in [0.29, 0.717) is 0 Å². The Morgan fingerprint density at radius 2 is 2.14 bits per heavy atom. The van der Waals surface area contributed by atoms with Gasteiger partial charge in [0, 0.05) is 0 Å². The number of hydrogen-bond acceptors (Lipinski definition) is 2. The van der Waals surface area contributed by atoms with Crippen LogP contribution in [0.1, 0.15) is 12.8 Å². The van der Waals surface area contributed by atoms with Crippen molar-refractivity contribution in [1.82, 2.24) is 0 Å². The quantitative estimate of drug-likeness (QED) is 0.329. The second kappa shape index (κ2) is 1.32. The van der Waals surface area contributed by atoms with Crippen LogP contribution in [-0.2, 0) is 0 Å². The molecule has 40 valence electrons. The van der Waals surface area contributed by atoms with Crippen LogP contribution in [0.15, 0.2) is 12.2 Å². The number of nitrogens with two attached hydrogens (primary N) is 2. The minimum atomic E-state index is -0.486. The summed E-state index contributed by atoms with van der Waals surface area (Å²) in [7, 11) is 0. The Bertz CT molecular complexity index is 94.3. The molecule has 0 radical (unpaired) electrons. The van der Waals surface area contributed by atoms with Crippen molar-refractivity contribution < 1.29 is 0 Å². The maximum absolute atomic E-state index is 5.47. The van der Waals surface area contributed by atoms with E-state index in [-0.39, 0.29) is 0 Å². The Hall–Kier alpha value is -0.340. The SMILES string of the molecule is NC1(N)C=CCC1. The molecule has 0 atom stereocenters. The first-order valence-electron chi connectivity index (χ1n) is 2.46. The minimum Gasteiger partial charge on any atom is -0.310 e. The molecule has 0 aromatic heterocycles. The Morgan fingerprint density at radius 1 is 1.43 bits per heavy atom. The average molecular weight is 98.1 g/mol. The van der Waals surface area contributed by atoms with Crippen LogP contribution >= 0.6 is 0 Å². The first kappa shape index (κ1) is 4.81. The number of rotatable bonds is 0. The molecular formula is C5H10N2. The van der Waals surface area contributed by atoms with Gasteiger partial charge in [-0.05, 0) is 12.8 Å². The van der Waals surface area contributed by atoms with E-state index in [2.05, 4.69) is 0 Å². The lowest BCUT2D eigenvalue weighted by molar-refractivity contribution is 0.541. The zero-order chi connectivity index (χ0) is 5.33. The molecule has 0 aromatic carbocycles. The largest absolute Gasteiger partial charge is 0.310 e. The Labute approximate surface area is 43.2 Å². The summed E-state index contributed by atoms with van der Waals surface area (Å²) in [6.07, 6.45) is 5.80. The molecule has 1 aliphatic carbocycles. The molecule has 0 bridgehead atoms. The van der Waals surface area contributed by atoms with E-state index >= 15 is 0 Å². The second-order valence-electron chi connectivity index (χ2n) is 2.05. The first-order valence-corrected chi connectivity index (χ1v) is 2.46. The van der Waals surface area contributed by atoms with Gasteiger partial charge in [0.25, 0.3) is 0 Å². The normalized spacial score (nSPS) is 26.0. The van der Waals surface area contributed by atoms with Crippen LogP contribution < -0.4 is 11.5 Å². The van der Waals surface area contributed by atoms with Gasteiger partial charge in [-0.3, -0.25) is 0 Å². The molecule has 4 N–H and O–H groups in total. The highest BCUT2D eigenvalue weighted by Gasteiger charge is 2.16. The van der Waals surface area contributed by atoms with Gasteiger partial charge in [-0.1, -0.05) is 12.2 Å². The summed E-state index contributed by atoms with van der Waals surface area (Å²) in [4.78, 5) is 0. The van der Waals surface area contributed by atoms with Crippen LogP contribution in [0.5, 0.6) is 0 Å². The monoisotopic (exact) mass is 98.1 g/mol. The van der Waals surface area contributed by atoms with E-state index in [1.165, 1.54) is 0 Å². The van der Waals surface area contributed by atoms with E-state index in [1.807, 2.05) is 12.2 Å². The van der Waals surface area contributed by atoms with Gasteiger partial charge in [-0.25, -0.2) is 0 Å². The first-order chi connectivity index (χ1) is 3.21. The topological polar surface area (TPSA) is 52.0 Å². The molecule has 0 amide bonds. The van der Waals surface area contributed by atoms with Crippen LogP contribution in [0.4, 0.5) is 0 Å². The van der Waals surface area contributed by atoms with Gasteiger partial charge < -0.3 is 11.5 Å². The van der Waals surface area contributed by atoms with Crippen LogP contribution in [0.3, 0.4) is 0 Å². The molecule has 0 heterocycles. The van der Waals surface area contributed by atoms with Gasteiger partial charge >= 0.3 is 0 Å². The lowest BCUT2D eigenvalue weighted by atomic mass is 10.2. The summed E-state index contributed by atoms with van der Waals surface area (Å²) < 4.78 is 0. The number of allylic oxidation sites excluding steroid dienone is 1. The van der Waals surface area contributed by atoms with Crippen molar-refractivity contribution in [2.75, 3.05) is 0 Å². The summed E-state index contributed by atoms with van der Waals surface area (Å²) in [5.74, 6) is 0. The highest BCUT2D eigenvalue weighted by atomic mass is 14.9. The highest BCUT2D eigenvalue weighted by Crippen LogP contribution is 2.12. The third kappa shape index (κ3) is 1.01. The standard InChI is InChI=1S/C5H10N2/c6-5(7)3-1-2-4-5/h1,3H,2,4,6-7H2. The third-order valence-electron chi connectivity index (χ3n) is 1.17. The van der Waals surface area contributed by atoms with Crippen molar-refractivity contribution in [3.63, 3.8) is 0 Å². The van der Waals surface area contributed by atoms with Gasteiger partial charge in [-0.2, -0.15) is 0 Å². The molecule has 0 saturated heterocycles. The molecule has 0 aromatic rings. The fourth-order valence-electron chi connectivity index (χ4n) is 0.719. The van der Waals surface area contributed by atoms with E-state index in [4.69, 9.17) is 11.5 Å². The molecule has 0 fully saturated rings. The zero-order valence-corrected chi connectivity index (χ0v) is 4.22. The summed E-state index contributed by atoms with van der Waals surface area (Å²) >= 11 is 0. The Morgan fingerprint density at radius 3 is 2.29 bits per heavy atom. The Balaban J connectivity index is 2.57. The maximum atomic E-state index is 5.47. The summed E-state index contributed by atoms with van der Waals surface area (Å²) in [5.41, 5.74) is 10.5. The molecule has 0 aliphatic heterocycles. The third-order valence-corrected chi connectivity index (χ3v) is 1.17. The van der Waals surface area contributed by atoms with Crippen LogP contribution in [0.25, 0.3) is 0 Å². The molecule has 0 saturated carbocycles. The fourth-order valence-corrected chi connectivity index (χ4v) is 0.719. The molecule has 1 aliphatic rings. The van der Waals surface area contributed by atoms with Crippen LogP contribution in [0.2, 0.25) is 0 Å². The molecule has 1 rings (SSSR count). The number of hydrogen-bond donors (Lipinski definition) is 2. The van der Waals surface area contributed by atoms with E-state index in [0.717, 1.165) is 12.8 Å². The molecule has 2 heteroatoms. The van der Waals surface area contributed by atoms with Gasteiger partial charge in [0.1, 0.15) is 0 Å². The smallest absolute Gasteiger partial charge is 0.0831 e. The zero-order valence-electron chi connectivity index (χ0n) is 4.22. The van der Waals surface area contributed by atoms with E-state index < -0.39 is 5.66 Å². The van der Waals surface area contributed by atoms with Crippen molar-refractivity contribution >= 4 is 0 Å². The van der Waals surface area contributed by atoms with Gasteiger partial charge in [0.2, 0.25) is 0 Å². The molecule has 2 nitrogen and oxygen atoms in total. The second-order valence-corrected chi connectivity index (χ2v) is 2.05. The summed E-state index contributed by atoms with van der Waals surface area (Å²) in [6.45, 7) is 0. The van der Waals surface area contributed by atoms with Crippen molar-refractivity contribution in [1.29, 1.82) is 0 Å². The molecule has 0 spiro atoms. The minimum absolute atomic E-state index is 0.486. The Kier molecular flexibility index (Phi) is 0.905. The van der Waals surface area contributed by atoms with Crippen molar-refractivity contribution in [2.45, 2.75) is 18.5 Å². The highest BCUT2D eigenvalue weighted by molar-refractivity contribution is 5.07. The van der Waals surface area contributed by atoms with Crippen molar-refractivity contribution in [2.24, 2.45) is 11.5 Å². The van der Waals surface area contributed by atoms with Crippen molar-refractivity contribution in [3.8, 4) is 0 Å². The predicted octanol–water partition coefficient (Wildman–Crippen LogP) is -0.0499. The molecular weight excluding hydrogens is 88.1 g/mol. The van der Waals surface area contributed by atoms with Gasteiger partial charge in [-0.15, -0.1) is 0 Å². The van der Waals surface area contributed by atoms with Crippen LogP contribution in [-0.4, -0.2) is 5.66 Å². The predicted molar refractivity (Wildman–Crippen MR) is 29.5 cm³/mol. The van der Waals surface area contributed by atoms with E-state index in [9.17, 15) is 0 Å². The van der Waals surface area contributed by atoms with Gasteiger partial charge in [0.05, 0.1) is 5.66 Å². The molecule has 0 unspecified atom stereocenters. The average Bonchev–Trinajstić information content (AvgIpc) is 1.84. The van der Waals surface area contributed by atoms with Gasteiger partial charge in [0.15, 0.2) is 0 Å². The lowest BCUT2D eigenvalue weighted by Gasteiger charge is -2.12. The summed E-state index contributed by atoms with van der Waals surface area (Å²) in [6, 6.07) is 0. The summed E-state index contributed by atoms with van der Waals surface area (Å²) in [5, 5.41) is 0. The van der Waals surface area contributed by atoms with Crippen molar-refractivity contribution in [3.05, 3.63) is 12.2 Å². The fraction of sp³-hybridized carbons (Fsp3) is 0.600.